The lowest BCUT2D eigenvalue weighted by molar-refractivity contribution is -0.114. The van der Waals surface area contributed by atoms with Gasteiger partial charge in [0.2, 0.25) is 5.12 Å². The minimum atomic E-state index is -0.178. The summed E-state index contributed by atoms with van der Waals surface area (Å²) in [4.78, 5) is 10.5. The number of allylic oxidation sites excluding steroid dienone is 1. The minimum Gasteiger partial charge on any atom is -0.282 e. The molecule has 0 aromatic rings. The second-order valence-corrected chi connectivity index (χ2v) is 2.60. The van der Waals surface area contributed by atoms with Crippen molar-refractivity contribution in [2.45, 2.75) is 13.8 Å². The molecule has 1 radical (unpaired) electrons. The van der Waals surface area contributed by atoms with Gasteiger partial charge in [0.1, 0.15) is 0 Å². The van der Waals surface area contributed by atoms with Crippen molar-refractivity contribution in [3.05, 3.63) is 12.7 Å². The van der Waals surface area contributed by atoms with Crippen LogP contribution in [0.5, 0.6) is 0 Å². The second kappa shape index (κ2) is 3.62. The molecular formula is C7H11OS. The monoisotopic (exact) mass is 143 g/mol. The second-order valence-electron chi connectivity index (χ2n) is 2.20. The Balaban J connectivity index is 3.86. The van der Waals surface area contributed by atoms with Crippen LogP contribution in [-0.2, 0) is 4.79 Å². The molecule has 0 aliphatic rings. The fraction of sp³-hybridized carbons (Fsp3) is 0.571. The molecule has 1 nitrogen and oxygen atoms in total. The predicted molar refractivity (Wildman–Crippen MR) is 41.1 cm³/mol. The summed E-state index contributed by atoms with van der Waals surface area (Å²) in [6.45, 7) is 7.32. The van der Waals surface area contributed by atoms with E-state index in [-0.39, 0.29) is 17.0 Å². The molecular weight excluding hydrogens is 132 g/mol. The number of carbonyl (C=O) groups is 1. The van der Waals surface area contributed by atoms with Crippen LogP contribution >= 0.6 is 12.6 Å². The number of hydrogen-bond acceptors (Lipinski definition) is 1. The summed E-state index contributed by atoms with van der Waals surface area (Å²) in [7, 11) is 0. The third-order valence-electron chi connectivity index (χ3n) is 1.53. The van der Waals surface area contributed by atoms with Crippen LogP contribution in [0.2, 0.25) is 0 Å². The van der Waals surface area contributed by atoms with Crippen LogP contribution < -0.4 is 0 Å². The fourth-order valence-electron chi connectivity index (χ4n) is 0.419. The Kier molecular flexibility index (Phi) is 3.47. The van der Waals surface area contributed by atoms with Crippen molar-refractivity contribution in [3.8, 4) is 0 Å². The zero-order valence-electron chi connectivity index (χ0n) is 5.76. The molecule has 0 aromatic carbocycles. The third-order valence-corrected chi connectivity index (χ3v) is 1.90. The van der Waals surface area contributed by atoms with Gasteiger partial charge >= 0.3 is 0 Å². The molecule has 0 aromatic heterocycles. The molecule has 0 saturated heterocycles. The summed E-state index contributed by atoms with van der Waals surface area (Å²) in [6.07, 6.45) is 1.74. The molecule has 2 unspecified atom stereocenters. The standard InChI is InChI=1S/C7H11OS/c1-4-5(2)6(3)7(8)9/h4-6H,1H2,2-3H3. The lowest BCUT2D eigenvalue weighted by Gasteiger charge is -2.09. The normalized spacial score (nSPS) is 16.2. The zero-order valence-corrected chi connectivity index (χ0v) is 6.57. The smallest absolute Gasteiger partial charge is 0.222 e. The molecule has 0 saturated carbocycles. The number of hydrogen-bond donors (Lipinski definition) is 0. The van der Waals surface area contributed by atoms with Crippen LogP contribution in [-0.4, -0.2) is 5.12 Å². The predicted octanol–water partition coefficient (Wildman–Crippen LogP) is 2.17. The van der Waals surface area contributed by atoms with E-state index in [1.807, 2.05) is 13.8 Å². The van der Waals surface area contributed by atoms with Crippen LogP contribution in [0.25, 0.3) is 0 Å². The molecule has 0 bridgehead atoms. The highest BCUT2D eigenvalue weighted by Crippen LogP contribution is 2.13. The van der Waals surface area contributed by atoms with E-state index in [0.29, 0.717) is 0 Å². The summed E-state index contributed by atoms with van der Waals surface area (Å²) >= 11 is 4.46. The van der Waals surface area contributed by atoms with Crippen molar-refractivity contribution in [1.82, 2.24) is 0 Å². The van der Waals surface area contributed by atoms with Crippen molar-refractivity contribution in [1.29, 1.82) is 0 Å². The summed E-state index contributed by atoms with van der Waals surface area (Å²) in [5.74, 6) is 0.146. The van der Waals surface area contributed by atoms with Gasteiger partial charge in [-0.1, -0.05) is 19.9 Å². The molecule has 0 spiro atoms. The first kappa shape index (κ1) is 8.63. The van der Waals surface area contributed by atoms with E-state index in [1.54, 1.807) is 6.08 Å². The van der Waals surface area contributed by atoms with Crippen molar-refractivity contribution in [2.24, 2.45) is 11.8 Å². The van der Waals surface area contributed by atoms with E-state index in [2.05, 4.69) is 19.2 Å². The Bertz CT molecular complexity index is 120. The average Bonchev–Trinajstić information content (AvgIpc) is 1.84. The highest BCUT2D eigenvalue weighted by molar-refractivity contribution is 7.96. The molecule has 0 rings (SSSR count). The minimum absolute atomic E-state index is 0.0579. The van der Waals surface area contributed by atoms with Crippen LogP contribution in [0.4, 0.5) is 0 Å². The van der Waals surface area contributed by atoms with Gasteiger partial charge in [0.05, 0.1) is 0 Å². The SMILES string of the molecule is C=CC(C)C(C)C(=O)[S]. The van der Waals surface area contributed by atoms with E-state index < -0.39 is 0 Å². The molecule has 0 aliphatic heterocycles. The van der Waals surface area contributed by atoms with Gasteiger partial charge in [0.15, 0.2) is 0 Å². The maximum atomic E-state index is 10.5. The van der Waals surface area contributed by atoms with Crippen LogP contribution in [0.1, 0.15) is 13.8 Å². The van der Waals surface area contributed by atoms with Crippen molar-refractivity contribution in [3.63, 3.8) is 0 Å². The summed E-state index contributed by atoms with van der Waals surface area (Å²) in [5.41, 5.74) is 0. The van der Waals surface area contributed by atoms with Crippen molar-refractivity contribution < 1.29 is 4.79 Å². The molecule has 2 atom stereocenters. The van der Waals surface area contributed by atoms with E-state index in [4.69, 9.17) is 0 Å². The molecule has 0 aliphatic carbocycles. The summed E-state index contributed by atoms with van der Waals surface area (Å²) in [6, 6.07) is 0. The van der Waals surface area contributed by atoms with Gasteiger partial charge in [-0.05, 0) is 18.5 Å². The Labute approximate surface area is 61.6 Å². The quantitative estimate of drug-likeness (QED) is 0.553. The number of rotatable bonds is 3. The first-order chi connectivity index (χ1) is 4.09. The first-order valence-electron chi connectivity index (χ1n) is 2.93. The van der Waals surface area contributed by atoms with Crippen LogP contribution in [0.3, 0.4) is 0 Å². The van der Waals surface area contributed by atoms with E-state index in [9.17, 15) is 4.79 Å². The van der Waals surface area contributed by atoms with Gasteiger partial charge in [0.25, 0.3) is 0 Å². The fourth-order valence-corrected chi connectivity index (χ4v) is 0.633. The summed E-state index contributed by atoms with van der Waals surface area (Å²) in [5, 5.41) is -0.178. The molecule has 0 amide bonds. The molecule has 0 fully saturated rings. The molecule has 0 heterocycles. The molecule has 0 N–H and O–H groups in total. The van der Waals surface area contributed by atoms with Gasteiger partial charge in [-0.3, -0.25) is 4.79 Å². The maximum Gasteiger partial charge on any atom is 0.222 e. The van der Waals surface area contributed by atoms with Crippen molar-refractivity contribution >= 4 is 17.7 Å². The Hall–Kier alpha value is -0.370. The summed E-state index contributed by atoms with van der Waals surface area (Å²) < 4.78 is 0. The van der Waals surface area contributed by atoms with Gasteiger partial charge in [0, 0.05) is 5.92 Å². The van der Waals surface area contributed by atoms with E-state index >= 15 is 0 Å². The first-order valence-corrected chi connectivity index (χ1v) is 3.33. The largest absolute Gasteiger partial charge is 0.282 e. The lowest BCUT2D eigenvalue weighted by atomic mass is 9.98. The molecule has 9 heavy (non-hydrogen) atoms. The lowest BCUT2D eigenvalue weighted by Crippen LogP contribution is -2.11. The average molecular weight is 143 g/mol. The zero-order chi connectivity index (χ0) is 7.44. The molecule has 51 valence electrons. The highest BCUT2D eigenvalue weighted by atomic mass is 32.1. The van der Waals surface area contributed by atoms with Crippen LogP contribution in [0, 0.1) is 11.8 Å². The Morgan fingerprint density at radius 2 is 2.11 bits per heavy atom. The van der Waals surface area contributed by atoms with Gasteiger partial charge < -0.3 is 0 Å². The van der Waals surface area contributed by atoms with E-state index in [1.165, 1.54) is 0 Å². The van der Waals surface area contributed by atoms with Crippen molar-refractivity contribution in [2.75, 3.05) is 0 Å². The van der Waals surface area contributed by atoms with E-state index in [0.717, 1.165) is 0 Å². The number of carbonyl (C=O) groups excluding carboxylic acids is 1. The Morgan fingerprint density at radius 3 is 2.22 bits per heavy atom. The van der Waals surface area contributed by atoms with Crippen LogP contribution in [0.15, 0.2) is 12.7 Å². The van der Waals surface area contributed by atoms with Gasteiger partial charge in [-0.2, -0.15) is 0 Å². The third kappa shape index (κ3) is 2.61. The van der Waals surface area contributed by atoms with Gasteiger partial charge in [-0.15, -0.1) is 6.58 Å². The topological polar surface area (TPSA) is 17.1 Å². The maximum absolute atomic E-state index is 10.5. The van der Waals surface area contributed by atoms with Gasteiger partial charge in [-0.25, -0.2) is 0 Å². The highest BCUT2D eigenvalue weighted by Gasteiger charge is 2.14. The Morgan fingerprint density at radius 1 is 1.67 bits per heavy atom. The molecule has 2 heteroatoms.